The van der Waals surface area contributed by atoms with Crippen LogP contribution in [-0.2, 0) is 6.42 Å². The van der Waals surface area contributed by atoms with Crippen LogP contribution in [0.15, 0.2) is 29.6 Å². The molecule has 1 amide bonds. The van der Waals surface area contributed by atoms with Gasteiger partial charge in [-0.2, -0.15) is 0 Å². The number of hydrogen-bond donors (Lipinski definition) is 3. The third kappa shape index (κ3) is 4.21. The number of carbonyl (C=O) groups excluding carboxylic acids is 1. The van der Waals surface area contributed by atoms with E-state index in [2.05, 4.69) is 20.3 Å². The van der Waals surface area contributed by atoms with Crippen molar-refractivity contribution in [1.29, 1.82) is 0 Å². The zero-order chi connectivity index (χ0) is 17.8. The molecule has 0 bridgehead atoms. The van der Waals surface area contributed by atoms with Crippen LogP contribution in [0, 0.1) is 12.7 Å². The number of H-pyrrole nitrogens is 1. The second kappa shape index (κ2) is 7.43. The lowest BCUT2D eigenvalue weighted by Crippen LogP contribution is -2.25. The van der Waals surface area contributed by atoms with Gasteiger partial charge in [0, 0.05) is 23.2 Å². The van der Waals surface area contributed by atoms with Crippen molar-refractivity contribution in [3.05, 3.63) is 52.5 Å². The average molecular weight is 359 g/mol. The Balaban J connectivity index is 1.57. The predicted octanol–water partition coefficient (Wildman–Crippen LogP) is 2.93. The van der Waals surface area contributed by atoms with Gasteiger partial charge in [0.1, 0.15) is 17.3 Å². The van der Waals surface area contributed by atoms with Gasteiger partial charge in [-0.05, 0) is 44.0 Å². The standard InChI is InChI=1S/C17H18FN5OS/c1-10-14(23-15(21-10)11-4-6-12(18)7-5-11)16(24)20-8-2-3-13-9-25-17(19)22-13/h4-7,9H,2-3,8H2,1H3,(H2,19,22)(H,20,24)(H,21,23). The maximum absolute atomic E-state index is 13.0. The molecule has 130 valence electrons. The normalized spacial score (nSPS) is 10.8. The van der Waals surface area contributed by atoms with Gasteiger partial charge >= 0.3 is 0 Å². The summed E-state index contributed by atoms with van der Waals surface area (Å²) in [5, 5.41) is 5.33. The van der Waals surface area contributed by atoms with E-state index in [9.17, 15) is 9.18 Å². The van der Waals surface area contributed by atoms with Crippen LogP contribution in [0.1, 0.15) is 28.3 Å². The van der Waals surface area contributed by atoms with Crippen LogP contribution in [0.5, 0.6) is 0 Å². The number of benzene rings is 1. The number of halogens is 1. The first-order chi connectivity index (χ1) is 12.0. The first-order valence-electron chi connectivity index (χ1n) is 7.83. The predicted molar refractivity (Wildman–Crippen MR) is 95.9 cm³/mol. The van der Waals surface area contributed by atoms with Crippen LogP contribution in [0.4, 0.5) is 9.52 Å². The van der Waals surface area contributed by atoms with Crippen molar-refractivity contribution >= 4 is 22.4 Å². The summed E-state index contributed by atoms with van der Waals surface area (Å²) in [4.78, 5) is 23.9. The fraction of sp³-hybridized carbons (Fsp3) is 0.235. The molecule has 0 aliphatic heterocycles. The van der Waals surface area contributed by atoms with Gasteiger partial charge in [0.2, 0.25) is 0 Å². The fourth-order valence-electron chi connectivity index (χ4n) is 2.42. The highest BCUT2D eigenvalue weighted by Gasteiger charge is 2.15. The monoisotopic (exact) mass is 359 g/mol. The number of aromatic amines is 1. The Hall–Kier alpha value is -2.74. The summed E-state index contributed by atoms with van der Waals surface area (Å²) in [7, 11) is 0. The molecular weight excluding hydrogens is 341 g/mol. The topological polar surface area (TPSA) is 96.7 Å². The average Bonchev–Trinajstić information content (AvgIpc) is 3.18. The molecule has 6 nitrogen and oxygen atoms in total. The van der Waals surface area contributed by atoms with Crippen LogP contribution in [0.3, 0.4) is 0 Å². The van der Waals surface area contributed by atoms with Crippen molar-refractivity contribution in [2.24, 2.45) is 0 Å². The molecule has 8 heteroatoms. The molecule has 0 saturated carbocycles. The zero-order valence-electron chi connectivity index (χ0n) is 13.7. The molecule has 2 heterocycles. The molecule has 0 radical (unpaired) electrons. The van der Waals surface area contributed by atoms with E-state index < -0.39 is 0 Å². The van der Waals surface area contributed by atoms with Crippen molar-refractivity contribution in [3.63, 3.8) is 0 Å². The number of aromatic nitrogens is 3. The van der Waals surface area contributed by atoms with Crippen LogP contribution >= 0.6 is 11.3 Å². The van der Waals surface area contributed by atoms with E-state index in [0.29, 0.717) is 28.9 Å². The maximum atomic E-state index is 13.0. The Bertz CT molecular complexity index is 872. The molecule has 0 saturated heterocycles. The summed E-state index contributed by atoms with van der Waals surface area (Å²) >= 11 is 1.41. The van der Waals surface area contributed by atoms with E-state index in [0.717, 1.165) is 24.1 Å². The Labute approximate surface area is 148 Å². The van der Waals surface area contributed by atoms with Gasteiger partial charge in [-0.25, -0.2) is 14.4 Å². The van der Waals surface area contributed by atoms with Gasteiger partial charge in [0.05, 0.1) is 5.69 Å². The van der Waals surface area contributed by atoms with Crippen molar-refractivity contribution < 1.29 is 9.18 Å². The Kier molecular flexibility index (Phi) is 5.08. The quantitative estimate of drug-likeness (QED) is 0.590. The second-order valence-corrected chi connectivity index (χ2v) is 6.49. The minimum absolute atomic E-state index is 0.236. The number of carbonyl (C=O) groups is 1. The third-order valence-electron chi connectivity index (χ3n) is 3.68. The number of amides is 1. The summed E-state index contributed by atoms with van der Waals surface area (Å²) in [6.07, 6.45) is 1.53. The first kappa shape index (κ1) is 17.1. The molecule has 0 aliphatic rings. The molecule has 3 rings (SSSR count). The number of nitrogen functional groups attached to an aromatic ring is 1. The number of imidazole rings is 1. The maximum Gasteiger partial charge on any atom is 0.271 e. The first-order valence-corrected chi connectivity index (χ1v) is 8.71. The van der Waals surface area contributed by atoms with Crippen LogP contribution < -0.4 is 11.1 Å². The molecule has 4 N–H and O–H groups in total. The largest absolute Gasteiger partial charge is 0.375 e. The van der Waals surface area contributed by atoms with Crippen molar-refractivity contribution in [1.82, 2.24) is 20.3 Å². The van der Waals surface area contributed by atoms with E-state index in [1.54, 1.807) is 19.1 Å². The van der Waals surface area contributed by atoms with Gasteiger partial charge in [-0.1, -0.05) is 0 Å². The van der Waals surface area contributed by atoms with Gasteiger partial charge in [-0.15, -0.1) is 11.3 Å². The minimum atomic E-state index is -0.313. The third-order valence-corrected chi connectivity index (χ3v) is 4.40. The lowest BCUT2D eigenvalue weighted by molar-refractivity contribution is 0.0948. The number of nitrogens with one attached hydrogen (secondary N) is 2. The SMILES string of the molecule is Cc1[nH]c(-c2ccc(F)cc2)nc1C(=O)NCCCc1csc(N)n1. The molecule has 0 atom stereocenters. The molecule has 0 spiro atoms. The highest BCUT2D eigenvalue weighted by molar-refractivity contribution is 7.13. The molecule has 0 aliphatic carbocycles. The molecular formula is C17H18FN5OS. The molecule has 0 fully saturated rings. The lowest BCUT2D eigenvalue weighted by Gasteiger charge is -2.03. The van der Waals surface area contributed by atoms with Gasteiger partial charge in [0.25, 0.3) is 5.91 Å². The number of thiazole rings is 1. The number of nitrogens with zero attached hydrogens (tertiary/aromatic N) is 2. The second-order valence-electron chi connectivity index (χ2n) is 5.60. The fourth-order valence-corrected chi connectivity index (χ4v) is 3.02. The van der Waals surface area contributed by atoms with Crippen molar-refractivity contribution in [2.75, 3.05) is 12.3 Å². The summed E-state index contributed by atoms with van der Waals surface area (Å²) < 4.78 is 13.0. The van der Waals surface area contributed by atoms with Crippen LogP contribution in [-0.4, -0.2) is 27.4 Å². The molecule has 25 heavy (non-hydrogen) atoms. The number of hydrogen-bond acceptors (Lipinski definition) is 5. The Morgan fingerprint density at radius 1 is 1.32 bits per heavy atom. The van der Waals surface area contributed by atoms with E-state index >= 15 is 0 Å². The minimum Gasteiger partial charge on any atom is -0.375 e. The number of nitrogens with two attached hydrogens (primary N) is 1. The van der Waals surface area contributed by atoms with E-state index in [1.807, 2.05) is 5.38 Å². The van der Waals surface area contributed by atoms with Crippen LogP contribution in [0.2, 0.25) is 0 Å². The van der Waals surface area contributed by atoms with E-state index in [-0.39, 0.29) is 11.7 Å². The van der Waals surface area contributed by atoms with Gasteiger partial charge < -0.3 is 16.0 Å². The van der Waals surface area contributed by atoms with Crippen molar-refractivity contribution in [2.45, 2.75) is 19.8 Å². The van der Waals surface area contributed by atoms with Gasteiger partial charge in [-0.3, -0.25) is 4.79 Å². The molecule has 1 aromatic carbocycles. The molecule has 0 unspecified atom stereocenters. The number of aryl methyl sites for hydroxylation is 2. The Morgan fingerprint density at radius 2 is 2.08 bits per heavy atom. The number of rotatable bonds is 6. The number of anilines is 1. The summed E-state index contributed by atoms with van der Waals surface area (Å²) in [5.41, 5.74) is 8.27. The van der Waals surface area contributed by atoms with Gasteiger partial charge in [0.15, 0.2) is 5.13 Å². The highest BCUT2D eigenvalue weighted by atomic mass is 32.1. The molecule has 2 aromatic heterocycles. The summed E-state index contributed by atoms with van der Waals surface area (Å²) in [6.45, 7) is 2.31. The van der Waals surface area contributed by atoms with E-state index in [4.69, 9.17) is 5.73 Å². The Morgan fingerprint density at radius 3 is 2.76 bits per heavy atom. The van der Waals surface area contributed by atoms with Crippen LogP contribution in [0.25, 0.3) is 11.4 Å². The summed E-state index contributed by atoms with van der Waals surface area (Å²) in [5.74, 6) is -0.00707. The lowest BCUT2D eigenvalue weighted by atomic mass is 10.2. The zero-order valence-corrected chi connectivity index (χ0v) is 14.5. The smallest absolute Gasteiger partial charge is 0.271 e. The summed E-state index contributed by atoms with van der Waals surface area (Å²) in [6, 6.07) is 5.96. The highest BCUT2D eigenvalue weighted by Crippen LogP contribution is 2.18. The van der Waals surface area contributed by atoms with E-state index in [1.165, 1.54) is 23.5 Å². The van der Waals surface area contributed by atoms with Crippen molar-refractivity contribution in [3.8, 4) is 11.4 Å². The molecule has 3 aromatic rings.